The zero-order valence-electron chi connectivity index (χ0n) is 15.0. The average molecular weight is 405 g/mol. The largest absolute Gasteiger partial charge is 0.495 e. The van der Waals surface area contributed by atoms with Crippen LogP contribution in [0.5, 0.6) is 5.75 Å². The standard InChI is InChI=1S/C17H25ClN2O5S/c1-24-16-8-7-13(11-15(16)18)20(26(2,22)23)9-3-6-17(21)19-12-14-5-4-10-25-14/h7-8,11,14H,3-6,9-10,12H2,1-2H3,(H,19,21)/t14-/m1/s1. The molecule has 1 aliphatic rings. The molecule has 0 aromatic heterocycles. The fraction of sp³-hybridized carbons (Fsp3) is 0.588. The van der Waals surface area contributed by atoms with Crippen molar-refractivity contribution in [3.63, 3.8) is 0 Å². The second-order valence-electron chi connectivity index (χ2n) is 6.20. The highest BCUT2D eigenvalue weighted by atomic mass is 35.5. The Labute approximate surface area is 159 Å². The maximum atomic E-state index is 12.1. The minimum Gasteiger partial charge on any atom is -0.495 e. The van der Waals surface area contributed by atoms with Crippen molar-refractivity contribution in [3.05, 3.63) is 23.2 Å². The molecule has 1 aromatic rings. The van der Waals surface area contributed by atoms with Crippen LogP contribution in [0.4, 0.5) is 5.69 Å². The summed E-state index contributed by atoms with van der Waals surface area (Å²) in [4.78, 5) is 11.9. The summed E-state index contributed by atoms with van der Waals surface area (Å²) >= 11 is 6.09. The molecule has 26 heavy (non-hydrogen) atoms. The smallest absolute Gasteiger partial charge is 0.232 e. The number of halogens is 1. The lowest BCUT2D eigenvalue weighted by molar-refractivity contribution is -0.121. The number of hydrogen-bond donors (Lipinski definition) is 1. The lowest BCUT2D eigenvalue weighted by Crippen LogP contribution is -2.34. The minimum atomic E-state index is -3.50. The highest BCUT2D eigenvalue weighted by Gasteiger charge is 2.20. The van der Waals surface area contributed by atoms with Crippen LogP contribution >= 0.6 is 11.6 Å². The van der Waals surface area contributed by atoms with Crippen LogP contribution in [0.3, 0.4) is 0 Å². The van der Waals surface area contributed by atoms with E-state index < -0.39 is 10.0 Å². The Morgan fingerprint density at radius 1 is 1.46 bits per heavy atom. The Kier molecular flexibility index (Phi) is 7.55. The van der Waals surface area contributed by atoms with Crippen LogP contribution in [0.2, 0.25) is 5.02 Å². The first-order valence-electron chi connectivity index (χ1n) is 8.51. The van der Waals surface area contributed by atoms with Gasteiger partial charge >= 0.3 is 0 Å². The SMILES string of the molecule is COc1ccc(N(CCCC(=O)NC[C@H]2CCCO2)S(C)(=O)=O)cc1Cl. The van der Waals surface area contributed by atoms with E-state index in [0.29, 0.717) is 29.4 Å². The Hall–Kier alpha value is -1.51. The van der Waals surface area contributed by atoms with E-state index in [1.807, 2.05) is 0 Å². The van der Waals surface area contributed by atoms with Crippen molar-refractivity contribution in [1.82, 2.24) is 5.32 Å². The number of benzene rings is 1. The van der Waals surface area contributed by atoms with E-state index in [0.717, 1.165) is 25.7 Å². The first-order valence-corrected chi connectivity index (χ1v) is 10.7. The van der Waals surface area contributed by atoms with Crippen LogP contribution in [-0.2, 0) is 19.6 Å². The van der Waals surface area contributed by atoms with Gasteiger partial charge in [-0.2, -0.15) is 0 Å². The van der Waals surface area contributed by atoms with E-state index in [1.54, 1.807) is 18.2 Å². The molecule has 7 nitrogen and oxygen atoms in total. The molecule has 0 spiro atoms. The van der Waals surface area contributed by atoms with Gasteiger partial charge in [-0.05, 0) is 37.5 Å². The lowest BCUT2D eigenvalue weighted by atomic mass is 10.2. The number of nitrogens with zero attached hydrogens (tertiary/aromatic N) is 1. The minimum absolute atomic E-state index is 0.0907. The van der Waals surface area contributed by atoms with Crippen LogP contribution in [0.1, 0.15) is 25.7 Å². The van der Waals surface area contributed by atoms with Crippen LogP contribution in [0, 0.1) is 0 Å². The van der Waals surface area contributed by atoms with E-state index in [4.69, 9.17) is 21.1 Å². The summed E-state index contributed by atoms with van der Waals surface area (Å²) in [5.41, 5.74) is 0.443. The lowest BCUT2D eigenvalue weighted by Gasteiger charge is -2.23. The highest BCUT2D eigenvalue weighted by molar-refractivity contribution is 7.92. The number of rotatable bonds is 9. The monoisotopic (exact) mass is 404 g/mol. The molecule has 1 atom stereocenters. The molecule has 0 aliphatic carbocycles. The third-order valence-corrected chi connectivity index (χ3v) is 5.63. The van der Waals surface area contributed by atoms with Gasteiger partial charge < -0.3 is 14.8 Å². The van der Waals surface area contributed by atoms with E-state index in [9.17, 15) is 13.2 Å². The van der Waals surface area contributed by atoms with Gasteiger partial charge in [-0.3, -0.25) is 9.10 Å². The molecular formula is C17H25ClN2O5S. The number of nitrogens with one attached hydrogen (secondary N) is 1. The molecule has 0 radical (unpaired) electrons. The van der Waals surface area contributed by atoms with Crippen LogP contribution in [-0.4, -0.2) is 53.5 Å². The van der Waals surface area contributed by atoms with Crippen LogP contribution in [0.15, 0.2) is 18.2 Å². The van der Waals surface area contributed by atoms with Gasteiger partial charge in [-0.15, -0.1) is 0 Å². The average Bonchev–Trinajstić information content (AvgIpc) is 3.09. The zero-order chi connectivity index (χ0) is 19.2. The number of carbonyl (C=O) groups is 1. The Morgan fingerprint density at radius 3 is 2.81 bits per heavy atom. The van der Waals surface area contributed by atoms with E-state index >= 15 is 0 Å². The second kappa shape index (κ2) is 9.43. The number of ether oxygens (including phenoxy) is 2. The fourth-order valence-corrected chi connectivity index (χ4v) is 4.01. The number of anilines is 1. The number of methoxy groups -OCH3 is 1. The quantitative estimate of drug-likeness (QED) is 0.681. The molecule has 1 aromatic carbocycles. The molecule has 2 rings (SSSR count). The Balaban J connectivity index is 1.90. The van der Waals surface area contributed by atoms with Crippen molar-refractivity contribution in [1.29, 1.82) is 0 Å². The number of amides is 1. The first kappa shape index (κ1) is 20.8. The van der Waals surface area contributed by atoms with Crippen molar-refractivity contribution >= 4 is 33.2 Å². The normalized spacial score (nSPS) is 17.1. The number of carbonyl (C=O) groups excluding carboxylic acids is 1. The number of sulfonamides is 1. The van der Waals surface area contributed by atoms with Crippen LogP contribution < -0.4 is 14.4 Å². The van der Waals surface area contributed by atoms with Gasteiger partial charge in [-0.25, -0.2) is 8.42 Å². The molecular weight excluding hydrogens is 380 g/mol. The summed E-state index contributed by atoms with van der Waals surface area (Å²) in [5, 5.41) is 3.16. The Bertz CT molecular complexity index is 720. The fourth-order valence-electron chi connectivity index (χ4n) is 2.80. The molecule has 146 valence electrons. The van der Waals surface area contributed by atoms with Crippen molar-refractivity contribution in [2.75, 3.05) is 37.4 Å². The second-order valence-corrected chi connectivity index (χ2v) is 8.51. The predicted molar refractivity (Wildman–Crippen MR) is 101 cm³/mol. The molecule has 1 saturated heterocycles. The van der Waals surface area contributed by atoms with Crippen molar-refractivity contribution in [2.24, 2.45) is 0 Å². The van der Waals surface area contributed by atoms with E-state index in [2.05, 4.69) is 5.32 Å². The van der Waals surface area contributed by atoms with Gasteiger partial charge in [0.1, 0.15) is 5.75 Å². The molecule has 1 aliphatic heterocycles. The van der Waals surface area contributed by atoms with Gasteiger partial charge in [0, 0.05) is 26.1 Å². The topological polar surface area (TPSA) is 84.9 Å². The highest BCUT2D eigenvalue weighted by Crippen LogP contribution is 2.30. The summed E-state index contributed by atoms with van der Waals surface area (Å²) in [7, 11) is -2.00. The third-order valence-electron chi connectivity index (χ3n) is 4.14. The predicted octanol–water partition coefficient (Wildman–Crippen LogP) is 2.19. The summed E-state index contributed by atoms with van der Waals surface area (Å²) in [5.74, 6) is 0.360. The van der Waals surface area contributed by atoms with Crippen molar-refractivity contribution in [2.45, 2.75) is 31.8 Å². The van der Waals surface area contributed by atoms with Crippen LogP contribution in [0.25, 0.3) is 0 Å². The number of hydrogen-bond acceptors (Lipinski definition) is 5. The Morgan fingerprint density at radius 2 is 2.23 bits per heavy atom. The molecule has 9 heteroatoms. The van der Waals surface area contributed by atoms with Gasteiger partial charge in [0.25, 0.3) is 0 Å². The van der Waals surface area contributed by atoms with Gasteiger partial charge in [0.15, 0.2) is 0 Å². The molecule has 1 heterocycles. The molecule has 0 saturated carbocycles. The van der Waals surface area contributed by atoms with Gasteiger partial charge in [0.2, 0.25) is 15.9 Å². The third kappa shape index (κ3) is 6.03. The summed E-state index contributed by atoms with van der Waals surface area (Å²) in [6, 6.07) is 4.78. The summed E-state index contributed by atoms with van der Waals surface area (Å²) < 4.78 is 36.0. The maximum absolute atomic E-state index is 12.1. The van der Waals surface area contributed by atoms with Crippen molar-refractivity contribution < 1.29 is 22.7 Å². The molecule has 0 bridgehead atoms. The van der Waals surface area contributed by atoms with Gasteiger partial charge in [0.05, 0.1) is 30.2 Å². The zero-order valence-corrected chi connectivity index (χ0v) is 16.6. The first-order chi connectivity index (χ1) is 12.3. The maximum Gasteiger partial charge on any atom is 0.232 e. The molecule has 1 fully saturated rings. The van der Waals surface area contributed by atoms with E-state index in [-0.39, 0.29) is 25.0 Å². The molecule has 1 amide bonds. The summed E-state index contributed by atoms with van der Waals surface area (Å²) in [6.45, 7) is 1.44. The van der Waals surface area contributed by atoms with E-state index in [1.165, 1.54) is 11.4 Å². The van der Waals surface area contributed by atoms with Crippen molar-refractivity contribution in [3.8, 4) is 5.75 Å². The molecule has 0 unspecified atom stereocenters. The molecule has 1 N–H and O–H groups in total. The summed E-state index contributed by atoms with van der Waals surface area (Å²) in [6.07, 6.45) is 3.83. The van der Waals surface area contributed by atoms with Gasteiger partial charge in [-0.1, -0.05) is 11.6 Å².